The first-order valence-electron chi connectivity index (χ1n) is 24.4. The maximum atomic E-state index is 10.4. The normalized spacial score (nSPS) is 11.2. The Morgan fingerprint density at radius 3 is 0.471 bits per heavy atom. The van der Waals surface area contributed by atoms with Crippen molar-refractivity contribution in [1.29, 1.82) is 0 Å². The molecule has 0 fully saturated rings. The van der Waals surface area contributed by atoms with Gasteiger partial charge >= 0.3 is 5.97 Å². The fraction of sp³-hybridized carbons (Fsp3) is 0.980. The van der Waals surface area contributed by atoms with Crippen LogP contribution in [0.15, 0.2) is 0 Å². The summed E-state index contributed by atoms with van der Waals surface area (Å²) in [4.78, 5) is 10.4. The van der Waals surface area contributed by atoms with Crippen LogP contribution in [0.5, 0.6) is 0 Å². The summed E-state index contributed by atoms with van der Waals surface area (Å²) in [7, 11) is 0. The minimum absolute atomic E-state index is 0.347. The van der Waals surface area contributed by atoms with E-state index in [9.17, 15) is 4.79 Å². The molecular weight excluding hydrogens is 621 g/mol. The predicted octanol–water partition coefficient (Wildman–Crippen LogP) is 18.7. The molecule has 0 aliphatic carbocycles. The van der Waals surface area contributed by atoms with E-state index in [1.807, 2.05) is 0 Å². The molecule has 0 aliphatic rings. The van der Waals surface area contributed by atoms with Crippen LogP contribution in [-0.2, 0) is 4.79 Å². The van der Waals surface area contributed by atoms with E-state index in [-0.39, 0.29) is 0 Å². The topological polar surface area (TPSA) is 37.3 Å². The lowest BCUT2D eigenvalue weighted by Gasteiger charge is -2.04. The molecule has 0 aromatic heterocycles. The highest BCUT2D eigenvalue weighted by Crippen LogP contribution is 2.17. The summed E-state index contributed by atoms with van der Waals surface area (Å²) in [5.74, 6) is -0.649. The molecule has 308 valence electrons. The Hall–Kier alpha value is -0.530. The first-order chi connectivity index (χ1) is 25.2. The van der Waals surface area contributed by atoms with Crippen LogP contribution < -0.4 is 0 Å². The number of carboxylic acids is 1. The van der Waals surface area contributed by atoms with Crippen LogP contribution in [0.1, 0.15) is 310 Å². The lowest BCUT2D eigenvalue weighted by molar-refractivity contribution is -0.137. The molecule has 0 amide bonds. The van der Waals surface area contributed by atoms with Crippen LogP contribution in [0.4, 0.5) is 0 Å². The van der Waals surface area contributed by atoms with Gasteiger partial charge in [-0.05, 0) is 6.42 Å². The van der Waals surface area contributed by atoms with Crippen molar-refractivity contribution in [2.75, 3.05) is 0 Å². The molecule has 1 N–H and O–H groups in total. The largest absolute Gasteiger partial charge is 0.481 e. The van der Waals surface area contributed by atoms with Crippen LogP contribution in [0.3, 0.4) is 0 Å². The van der Waals surface area contributed by atoms with Gasteiger partial charge < -0.3 is 5.11 Å². The molecule has 0 atom stereocenters. The van der Waals surface area contributed by atoms with Crippen LogP contribution in [-0.4, -0.2) is 11.1 Å². The van der Waals surface area contributed by atoms with Gasteiger partial charge in [0.1, 0.15) is 0 Å². The molecule has 0 spiro atoms. The summed E-state index contributed by atoms with van der Waals surface area (Å²) >= 11 is 0. The molecule has 0 aromatic carbocycles. The summed E-state index contributed by atoms with van der Waals surface area (Å²) in [6.07, 6.45) is 62.9. The van der Waals surface area contributed by atoms with E-state index in [1.165, 1.54) is 270 Å². The van der Waals surface area contributed by atoms with Gasteiger partial charge in [0.2, 0.25) is 0 Å². The Kier molecular flexibility index (Phi) is 53.2. The van der Waals surface area contributed by atoms with Gasteiger partial charge in [-0.2, -0.15) is 0 Å². The van der Waals surface area contributed by atoms with Crippen molar-refractivity contribution in [2.45, 2.75) is 310 Å². The molecule has 0 aromatic rings. The zero-order valence-corrected chi connectivity index (χ0v) is 36.2. The summed E-state index contributed by atoms with van der Waals surface area (Å²) in [6.45, 7) is 6.89. The molecule has 0 heterocycles. The van der Waals surface area contributed by atoms with Crippen molar-refractivity contribution in [2.24, 2.45) is 0 Å². The van der Waals surface area contributed by atoms with E-state index < -0.39 is 5.97 Å². The van der Waals surface area contributed by atoms with Crippen molar-refractivity contribution in [1.82, 2.24) is 0 Å². The first kappa shape index (κ1) is 52.6. The number of carbonyl (C=O) groups is 1. The van der Waals surface area contributed by atoms with E-state index in [0.717, 1.165) is 12.8 Å². The highest BCUT2D eigenvalue weighted by atomic mass is 16.4. The van der Waals surface area contributed by atoms with E-state index >= 15 is 0 Å². The Morgan fingerprint density at radius 1 is 0.235 bits per heavy atom. The maximum absolute atomic E-state index is 10.4. The number of hydrogen-bond donors (Lipinski definition) is 1. The first-order valence-corrected chi connectivity index (χ1v) is 24.4. The molecule has 2 nitrogen and oxygen atoms in total. The summed E-state index contributed by atoms with van der Waals surface area (Å²) in [5, 5.41) is 8.60. The van der Waals surface area contributed by atoms with E-state index in [0.29, 0.717) is 6.42 Å². The summed E-state index contributed by atoms with van der Waals surface area (Å²) in [6, 6.07) is 0. The van der Waals surface area contributed by atoms with Gasteiger partial charge in [-0.3, -0.25) is 4.79 Å². The molecule has 0 rings (SSSR count). The fourth-order valence-electron chi connectivity index (χ4n) is 7.57. The van der Waals surface area contributed by atoms with Crippen LogP contribution in [0.2, 0.25) is 0 Å². The quantitative estimate of drug-likeness (QED) is 0.0636. The van der Waals surface area contributed by atoms with Crippen molar-refractivity contribution in [3.63, 3.8) is 0 Å². The summed E-state index contributed by atoms with van der Waals surface area (Å²) in [5.41, 5.74) is 0. The third kappa shape index (κ3) is 56.4. The molecule has 51 heavy (non-hydrogen) atoms. The number of hydrogen-bond acceptors (Lipinski definition) is 1. The standard InChI is InChI=1S/C28H56O2.C21H44/c1-2-3-4-5-6-7-8-9-10-11-12-13-14-15-16-17-18-19-20-21-22-23-24-25-26-27-28(29)30;1-3-5-7-9-11-13-15-17-19-21-20-18-16-14-12-10-8-6-4-2/h2-27H2,1H3,(H,29,30);3-21H2,1-2H3. The van der Waals surface area contributed by atoms with Crippen LogP contribution in [0, 0.1) is 0 Å². The number of aliphatic carboxylic acids is 1. The van der Waals surface area contributed by atoms with Gasteiger partial charge in [0.05, 0.1) is 0 Å². The second kappa shape index (κ2) is 51.6. The average Bonchev–Trinajstić information content (AvgIpc) is 3.13. The number of rotatable bonds is 44. The molecule has 0 saturated heterocycles. The third-order valence-electron chi connectivity index (χ3n) is 11.2. The van der Waals surface area contributed by atoms with Crippen LogP contribution >= 0.6 is 0 Å². The van der Waals surface area contributed by atoms with Gasteiger partial charge in [0.25, 0.3) is 0 Å². The maximum Gasteiger partial charge on any atom is 0.303 e. The number of unbranched alkanes of at least 4 members (excludes halogenated alkanes) is 42. The van der Waals surface area contributed by atoms with Gasteiger partial charge in [-0.1, -0.05) is 297 Å². The van der Waals surface area contributed by atoms with E-state index in [2.05, 4.69) is 20.8 Å². The van der Waals surface area contributed by atoms with Gasteiger partial charge in [-0.25, -0.2) is 0 Å². The third-order valence-corrected chi connectivity index (χ3v) is 11.2. The SMILES string of the molecule is CCCCCCCCCCCCCCCCCCCCC.CCCCCCCCCCCCCCCCCCCCCCCCCCCC(=O)O. The van der Waals surface area contributed by atoms with E-state index in [1.54, 1.807) is 0 Å². The Labute approximate surface area is 324 Å². The lowest BCUT2D eigenvalue weighted by atomic mass is 10.0. The summed E-state index contributed by atoms with van der Waals surface area (Å²) < 4.78 is 0. The molecule has 0 unspecified atom stereocenters. The second-order valence-electron chi connectivity index (χ2n) is 16.6. The smallest absolute Gasteiger partial charge is 0.303 e. The van der Waals surface area contributed by atoms with Crippen molar-refractivity contribution in [3.05, 3.63) is 0 Å². The van der Waals surface area contributed by atoms with Gasteiger partial charge in [0, 0.05) is 6.42 Å². The average molecular weight is 721 g/mol. The second-order valence-corrected chi connectivity index (χ2v) is 16.6. The fourth-order valence-corrected chi connectivity index (χ4v) is 7.57. The molecular formula is C49H100O2. The van der Waals surface area contributed by atoms with Crippen molar-refractivity contribution < 1.29 is 9.90 Å². The number of carboxylic acid groups (broad SMARTS) is 1. The van der Waals surface area contributed by atoms with Crippen molar-refractivity contribution >= 4 is 5.97 Å². The molecule has 0 saturated carbocycles. The predicted molar refractivity (Wildman–Crippen MR) is 232 cm³/mol. The van der Waals surface area contributed by atoms with E-state index in [4.69, 9.17) is 5.11 Å². The highest BCUT2D eigenvalue weighted by molar-refractivity contribution is 5.66. The minimum atomic E-state index is -0.649. The minimum Gasteiger partial charge on any atom is -0.481 e. The monoisotopic (exact) mass is 721 g/mol. The Balaban J connectivity index is 0. The van der Waals surface area contributed by atoms with Gasteiger partial charge in [0.15, 0.2) is 0 Å². The lowest BCUT2D eigenvalue weighted by Crippen LogP contribution is -1.93. The Bertz CT molecular complexity index is 569. The van der Waals surface area contributed by atoms with Crippen LogP contribution in [0.25, 0.3) is 0 Å². The Morgan fingerprint density at radius 2 is 0.353 bits per heavy atom. The zero-order chi connectivity index (χ0) is 37.4. The zero-order valence-electron chi connectivity index (χ0n) is 36.2. The molecule has 2 heteroatoms. The highest BCUT2D eigenvalue weighted by Gasteiger charge is 1.99. The molecule has 0 radical (unpaired) electrons. The molecule has 0 bridgehead atoms. The van der Waals surface area contributed by atoms with Crippen molar-refractivity contribution in [3.8, 4) is 0 Å². The van der Waals surface area contributed by atoms with Gasteiger partial charge in [-0.15, -0.1) is 0 Å². The molecule has 0 aliphatic heterocycles.